The van der Waals surface area contributed by atoms with Crippen LogP contribution in [-0.2, 0) is 6.42 Å². The number of nitrogens with zero attached hydrogens (tertiary/aromatic N) is 5. The molecule has 0 aliphatic heterocycles. The van der Waals surface area contributed by atoms with Gasteiger partial charge in [-0.3, -0.25) is 0 Å². The number of ether oxygens (including phenoxy) is 1. The van der Waals surface area contributed by atoms with Crippen LogP contribution in [0.15, 0.2) is 95.4 Å². The maximum Gasteiger partial charge on any atom is 0.234 e. The third-order valence-corrected chi connectivity index (χ3v) is 7.78. The fourth-order valence-electron chi connectivity index (χ4n) is 4.56. The molecule has 7 aromatic rings. The second-order valence-electron chi connectivity index (χ2n) is 8.96. The van der Waals surface area contributed by atoms with E-state index in [9.17, 15) is 0 Å². The van der Waals surface area contributed by atoms with Crippen LogP contribution in [0, 0.1) is 0 Å². The zero-order valence-electron chi connectivity index (χ0n) is 20.7. The first kappa shape index (κ1) is 23.6. The molecule has 0 amide bonds. The van der Waals surface area contributed by atoms with Crippen molar-refractivity contribution < 1.29 is 9.15 Å². The third-order valence-electron chi connectivity index (χ3n) is 6.52. The van der Waals surface area contributed by atoms with E-state index in [-0.39, 0.29) is 0 Å². The number of fused-ring (bicyclic) bond motifs is 2. The number of hydrogen-bond donors (Lipinski definition) is 0. The van der Waals surface area contributed by atoms with Crippen LogP contribution in [0.1, 0.15) is 11.4 Å². The fourth-order valence-corrected chi connectivity index (χ4v) is 5.68. The van der Waals surface area contributed by atoms with E-state index in [0.29, 0.717) is 28.7 Å². The first-order chi connectivity index (χ1) is 19.2. The van der Waals surface area contributed by atoms with Gasteiger partial charge in [-0.25, -0.2) is 4.98 Å². The van der Waals surface area contributed by atoms with E-state index in [1.807, 2.05) is 89.4 Å². The first-order valence-corrected chi connectivity index (χ1v) is 13.4. The van der Waals surface area contributed by atoms with Gasteiger partial charge in [0, 0.05) is 22.9 Å². The number of furan rings is 1. The summed E-state index contributed by atoms with van der Waals surface area (Å²) >= 11 is 7.89. The SMILES string of the molecule is COc1ccc(Cc2nnc3sc(-c4cc(-c5ccc(-c6ccccc6Cl)o5)nc5ccccc45)nn23)cc1. The lowest BCUT2D eigenvalue weighted by atomic mass is 10.1. The van der Waals surface area contributed by atoms with Gasteiger partial charge < -0.3 is 9.15 Å². The van der Waals surface area contributed by atoms with Gasteiger partial charge in [0.15, 0.2) is 11.6 Å². The predicted octanol–water partition coefficient (Wildman–Crippen LogP) is 7.58. The molecule has 39 heavy (non-hydrogen) atoms. The normalized spacial score (nSPS) is 11.4. The predicted molar refractivity (Wildman–Crippen MR) is 153 cm³/mol. The molecular formula is C30H20ClN5O2S. The molecule has 0 bridgehead atoms. The number of aromatic nitrogens is 5. The largest absolute Gasteiger partial charge is 0.497 e. The minimum Gasteiger partial charge on any atom is -0.497 e. The van der Waals surface area contributed by atoms with E-state index in [1.54, 1.807) is 7.11 Å². The maximum atomic E-state index is 6.40. The molecule has 0 fully saturated rings. The highest BCUT2D eigenvalue weighted by molar-refractivity contribution is 7.19. The van der Waals surface area contributed by atoms with Crippen LogP contribution in [0.4, 0.5) is 0 Å². The summed E-state index contributed by atoms with van der Waals surface area (Å²) in [4.78, 5) is 5.63. The number of para-hydroxylation sites is 1. The average molecular weight is 550 g/mol. The highest BCUT2D eigenvalue weighted by Gasteiger charge is 2.18. The highest BCUT2D eigenvalue weighted by Crippen LogP contribution is 2.37. The molecule has 4 aromatic heterocycles. The zero-order valence-corrected chi connectivity index (χ0v) is 22.3. The number of pyridine rings is 1. The molecule has 7 nitrogen and oxygen atoms in total. The van der Waals surface area contributed by atoms with Gasteiger partial charge in [-0.2, -0.15) is 9.61 Å². The van der Waals surface area contributed by atoms with Gasteiger partial charge in [-0.05, 0) is 54.1 Å². The van der Waals surface area contributed by atoms with Crippen LogP contribution in [0.5, 0.6) is 5.75 Å². The molecule has 0 spiro atoms. The summed E-state index contributed by atoms with van der Waals surface area (Å²) in [6, 6.07) is 29.4. The number of rotatable bonds is 6. The lowest BCUT2D eigenvalue weighted by molar-refractivity contribution is 0.414. The first-order valence-electron chi connectivity index (χ1n) is 12.3. The fraction of sp³-hybridized carbons (Fsp3) is 0.0667. The summed E-state index contributed by atoms with van der Waals surface area (Å²) in [5.41, 5.74) is 4.46. The van der Waals surface area contributed by atoms with E-state index < -0.39 is 0 Å². The summed E-state index contributed by atoms with van der Waals surface area (Å²) in [5, 5.41) is 16.2. The monoisotopic (exact) mass is 549 g/mol. The van der Waals surface area contributed by atoms with Gasteiger partial charge in [0.2, 0.25) is 4.96 Å². The minimum atomic E-state index is 0.605. The molecule has 190 valence electrons. The molecule has 0 aliphatic carbocycles. The Morgan fingerprint density at radius 2 is 1.67 bits per heavy atom. The van der Waals surface area contributed by atoms with Gasteiger partial charge in [0.1, 0.15) is 22.2 Å². The molecule has 9 heteroatoms. The molecule has 0 saturated carbocycles. The minimum absolute atomic E-state index is 0.605. The van der Waals surface area contributed by atoms with E-state index in [0.717, 1.165) is 49.1 Å². The van der Waals surface area contributed by atoms with Crippen molar-refractivity contribution >= 4 is 38.8 Å². The lowest BCUT2D eigenvalue weighted by Gasteiger charge is -2.06. The van der Waals surface area contributed by atoms with Crippen LogP contribution < -0.4 is 4.74 Å². The Morgan fingerprint density at radius 3 is 2.51 bits per heavy atom. The number of benzene rings is 3. The van der Waals surface area contributed by atoms with Gasteiger partial charge in [-0.1, -0.05) is 65.4 Å². The lowest BCUT2D eigenvalue weighted by Crippen LogP contribution is -1.98. The van der Waals surface area contributed by atoms with Crippen molar-refractivity contribution in [3.8, 4) is 39.1 Å². The highest BCUT2D eigenvalue weighted by atomic mass is 35.5. The van der Waals surface area contributed by atoms with Crippen LogP contribution in [-0.4, -0.2) is 31.9 Å². The Balaban J connectivity index is 1.30. The zero-order chi connectivity index (χ0) is 26.3. The van der Waals surface area contributed by atoms with Gasteiger partial charge in [-0.15, -0.1) is 10.2 Å². The van der Waals surface area contributed by atoms with E-state index in [1.165, 1.54) is 11.3 Å². The van der Waals surface area contributed by atoms with Crippen molar-refractivity contribution in [2.75, 3.05) is 7.11 Å². The molecule has 0 radical (unpaired) electrons. The van der Waals surface area contributed by atoms with E-state index >= 15 is 0 Å². The van der Waals surface area contributed by atoms with Crippen molar-refractivity contribution in [3.05, 3.63) is 107 Å². The summed E-state index contributed by atoms with van der Waals surface area (Å²) in [6.07, 6.45) is 0.605. The quantitative estimate of drug-likeness (QED) is 0.213. The molecule has 0 unspecified atom stereocenters. The average Bonchev–Trinajstić information content (AvgIpc) is 3.71. The summed E-state index contributed by atoms with van der Waals surface area (Å²) in [5.74, 6) is 2.93. The Bertz CT molecular complexity index is 1960. The van der Waals surface area contributed by atoms with E-state index in [2.05, 4.69) is 16.3 Å². The van der Waals surface area contributed by atoms with Crippen molar-refractivity contribution in [2.45, 2.75) is 6.42 Å². The summed E-state index contributed by atoms with van der Waals surface area (Å²) in [6.45, 7) is 0. The molecule has 0 aliphatic rings. The molecule has 0 saturated heterocycles. The topological polar surface area (TPSA) is 78.3 Å². The smallest absolute Gasteiger partial charge is 0.234 e. The van der Waals surface area contributed by atoms with Crippen LogP contribution >= 0.6 is 22.9 Å². The van der Waals surface area contributed by atoms with Crippen molar-refractivity contribution in [1.82, 2.24) is 24.8 Å². The molecule has 4 heterocycles. The molecule has 0 N–H and O–H groups in total. The van der Waals surface area contributed by atoms with Crippen LogP contribution in [0.25, 0.3) is 49.2 Å². The second kappa shape index (κ2) is 9.65. The van der Waals surface area contributed by atoms with Gasteiger partial charge in [0.05, 0.1) is 17.6 Å². The van der Waals surface area contributed by atoms with Crippen molar-refractivity contribution in [3.63, 3.8) is 0 Å². The van der Waals surface area contributed by atoms with Gasteiger partial charge in [0.25, 0.3) is 0 Å². The summed E-state index contributed by atoms with van der Waals surface area (Å²) in [7, 11) is 1.66. The Kier molecular flexibility index (Phi) is 5.83. The standard InChI is InChI=1S/C30H20ClN5O2S/c1-37-19-12-10-18(11-13-19)16-28-33-34-30-36(28)35-29(39-30)22-17-25(32-24-9-5-3-6-20(22)24)27-15-14-26(38-27)21-7-2-4-8-23(21)31/h2-15,17H,16H2,1H3. The summed E-state index contributed by atoms with van der Waals surface area (Å²) < 4.78 is 13.3. The second-order valence-corrected chi connectivity index (χ2v) is 10.3. The Hall–Kier alpha value is -4.53. The van der Waals surface area contributed by atoms with Crippen molar-refractivity contribution in [2.24, 2.45) is 0 Å². The number of hydrogen-bond acceptors (Lipinski definition) is 7. The Morgan fingerprint density at radius 1 is 0.872 bits per heavy atom. The van der Waals surface area contributed by atoms with Crippen LogP contribution in [0.2, 0.25) is 5.02 Å². The van der Waals surface area contributed by atoms with Gasteiger partial charge >= 0.3 is 0 Å². The van der Waals surface area contributed by atoms with Crippen LogP contribution in [0.3, 0.4) is 0 Å². The molecule has 0 atom stereocenters. The maximum absolute atomic E-state index is 6.40. The molecule has 3 aromatic carbocycles. The molecule has 7 rings (SSSR count). The Labute approximate surface area is 232 Å². The number of halogens is 1. The third kappa shape index (κ3) is 4.33. The van der Waals surface area contributed by atoms with E-state index in [4.69, 9.17) is 30.8 Å². The van der Waals surface area contributed by atoms with Crippen molar-refractivity contribution in [1.29, 1.82) is 0 Å². The molecular weight excluding hydrogens is 530 g/mol. The number of methoxy groups -OCH3 is 1.